The Hall–Kier alpha value is -0.415. The smallest absolute Gasteiger partial charge is 0.144 e. The molecule has 0 fully saturated rings. The molecule has 0 bridgehead atoms. The fraction of sp³-hybridized carbons (Fsp3) is 0.444. The molecule has 0 aliphatic carbocycles. The molecule has 1 heterocycles. The van der Waals surface area contributed by atoms with Crippen LogP contribution in [0.2, 0.25) is 0 Å². The molecule has 0 saturated heterocycles. The minimum atomic E-state index is -1.21. The molecule has 74 valence electrons. The lowest BCUT2D eigenvalue weighted by Crippen LogP contribution is -2.20. The standard InChI is InChI=1S/C9H12BNOS2/c1-9(2,3)14(12)11-4-7-5-13-6-8(7)10/h4-6H,1-3H3/b11-4+. The second kappa shape index (κ2) is 4.40. The van der Waals surface area contributed by atoms with Crippen LogP contribution in [0, 0.1) is 0 Å². The largest absolute Gasteiger partial charge is 0.234 e. The molecule has 0 saturated carbocycles. The number of hydrogen-bond donors (Lipinski definition) is 0. The van der Waals surface area contributed by atoms with Gasteiger partial charge in [0, 0.05) is 6.21 Å². The van der Waals surface area contributed by atoms with E-state index in [1.807, 2.05) is 31.5 Å². The van der Waals surface area contributed by atoms with Crippen molar-refractivity contribution >= 4 is 41.8 Å². The van der Waals surface area contributed by atoms with E-state index in [9.17, 15) is 4.21 Å². The highest BCUT2D eigenvalue weighted by molar-refractivity contribution is 7.85. The number of hydrogen-bond acceptors (Lipinski definition) is 2. The van der Waals surface area contributed by atoms with Gasteiger partial charge in [0.2, 0.25) is 0 Å². The van der Waals surface area contributed by atoms with Gasteiger partial charge in [0.05, 0.1) is 4.75 Å². The quantitative estimate of drug-likeness (QED) is 0.553. The fourth-order valence-electron chi connectivity index (χ4n) is 0.684. The van der Waals surface area contributed by atoms with Crippen LogP contribution >= 0.6 is 11.3 Å². The predicted molar refractivity (Wildman–Crippen MR) is 65.2 cm³/mol. The Morgan fingerprint density at radius 2 is 2.14 bits per heavy atom. The van der Waals surface area contributed by atoms with Crippen molar-refractivity contribution in [3.63, 3.8) is 0 Å². The molecule has 0 spiro atoms. The predicted octanol–water partition coefficient (Wildman–Crippen LogP) is 1.42. The van der Waals surface area contributed by atoms with Crippen molar-refractivity contribution in [2.75, 3.05) is 0 Å². The van der Waals surface area contributed by atoms with Crippen molar-refractivity contribution in [1.29, 1.82) is 0 Å². The Morgan fingerprint density at radius 1 is 1.50 bits per heavy atom. The number of thiophene rings is 1. The summed E-state index contributed by atoms with van der Waals surface area (Å²) in [5.41, 5.74) is 1.53. The second-order valence-electron chi connectivity index (χ2n) is 3.88. The first-order valence-corrected chi connectivity index (χ1v) is 6.24. The molecule has 0 aromatic carbocycles. The van der Waals surface area contributed by atoms with Crippen LogP contribution in [-0.4, -0.2) is 23.0 Å². The maximum absolute atomic E-state index is 11.5. The molecule has 0 N–H and O–H groups in total. The van der Waals surface area contributed by atoms with Crippen LogP contribution in [0.15, 0.2) is 15.2 Å². The maximum atomic E-state index is 11.5. The first kappa shape index (κ1) is 11.7. The molecule has 14 heavy (non-hydrogen) atoms. The Kier molecular flexibility index (Phi) is 3.67. The molecule has 0 amide bonds. The zero-order chi connectivity index (χ0) is 10.8. The Morgan fingerprint density at radius 3 is 2.57 bits per heavy atom. The van der Waals surface area contributed by atoms with Crippen LogP contribution in [0.4, 0.5) is 0 Å². The van der Waals surface area contributed by atoms with E-state index in [1.165, 1.54) is 11.3 Å². The van der Waals surface area contributed by atoms with Crippen molar-refractivity contribution in [2.45, 2.75) is 25.5 Å². The SMILES string of the molecule is [B]c1cscc1/C=N/S(=O)C(C)(C)C. The molecular weight excluding hydrogens is 213 g/mol. The minimum Gasteiger partial charge on any atom is -0.234 e. The molecule has 0 aliphatic rings. The first-order valence-electron chi connectivity index (χ1n) is 4.19. The van der Waals surface area contributed by atoms with Crippen molar-refractivity contribution in [3.05, 3.63) is 16.3 Å². The van der Waals surface area contributed by atoms with Crippen LogP contribution in [0.3, 0.4) is 0 Å². The number of rotatable bonds is 2. The second-order valence-corrected chi connectivity index (χ2v) is 6.56. The third-order valence-corrected chi connectivity index (χ3v) is 3.66. The highest BCUT2D eigenvalue weighted by atomic mass is 32.2. The summed E-state index contributed by atoms with van der Waals surface area (Å²) in [4.78, 5) is 0. The summed E-state index contributed by atoms with van der Waals surface area (Å²) >= 11 is 1.51. The van der Waals surface area contributed by atoms with Crippen LogP contribution in [0.25, 0.3) is 0 Å². The third-order valence-electron chi connectivity index (χ3n) is 1.53. The third kappa shape index (κ3) is 3.06. The highest BCUT2D eigenvalue weighted by Gasteiger charge is 2.18. The average molecular weight is 225 g/mol. The van der Waals surface area contributed by atoms with Crippen molar-refractivity contribution in [1.82, 2.24) is 0 Å². The van der Waals surface area contributed by atoms with E-state index >= 15 is 0 Å². The highest BCUT2D eigenvalue weighted by Crippen LogP contribution is 2.12. The summed E-state index contributed by atoms with van der Waals surface area (Å²) in [6, 6.07) is 0. The molecule has 1 rings (SSSR count). The van der Waals surface area contributed by atoms with E-state index in [0.717, 1.165) is 5.56 Å². The average Bonchev–Trinajstić information content (AvgIpc) is 2.45. The van der Waals surface area contributed by atoms with E-state index in [4.69, 9.17) is 7.85 Å². The van der Waals surface area contributed by atoms with Crippen LogP contribution in [-0.2, 0) is 11.0 Å². The summed E-state index contributed by atoms with van der Waals surface area (Å²) in [5, 5.41) is 3.72. The maximum Gasteiger partial charge on any atom is 0.144 e. The van der Waals surface area contributed by atoms with Gasteiger partial charge in [-0.25, -0.2) is 4.21 Å². The lowest BCUT2D eigenvalue weighted by atomic mass is 9.96. The van der Waals surface area contributed by atoms with Gasteiger partial charge in [0.25, 0.3) is 0 Å². The first-order chi connectivity index (χ1) is 6.41. The Balaban J connectivity index is 2.75. The summed E-state index contributed by atoms with van der Waals surface area (Å²) < 4.78 is 15.2. The molecule has 1 atom stereocenters. The summed E-state index contributed by atoms with van der Waals surface area (Å²) in [7, 11) is 4.44. The lowest BCUT2D eigenvalue weighted by molar-refractivity contribution is 0.651. The van der Waals surface area contributed by atoms with Crippen molar-refractivity contribution in [3.8, 4) is 0 Å². The van der Waals surface area contributed by atoms with Gasteiger partial charge in [-0.15, -0.1) is 0 Å². The van der Waals surface area contributed by atoms with Gasteiger partial charge in [-0.1, -0.05) is 5.46 Å². The fourth-order valence-corrected chi connectivity index (χ4v) is 1.90. The van der Waals surface area contributed by atoms with E-state index in [0.29, 0.717) is 5.46 Å². The monoisotopic (exact) mass is 225 g/mol. The Labute approximate surface area is 92.5 Å². The molecule has 5 heteroatoms. The lowest BCUT2D eigenvalue weighted by Gasteiger charge is -2.12. The topological polar surface area (TPSA) is 29.4 Å². The zero-order valence-electron chi connectivity index (χ0n) is 8.48. The number of nitrogens with zero attached hydrogens (tertiary/aromatic N) is 1. The normalized spacial score (nSPS) is 14.8. The van der Waals surface area contributed by atoms with Gasteiger partial charge in [0.15, 0.2) is 0 Å². The van der Waals surface area contributed by atoms with E-state index < -0.39 is 11.0 Å². The molecule has 1 aromatic heterocycles. The minimum absolute atomic E-state index is 0.318. The molecular formula is C9H12BNOS2. The molecule has 1 aromatic rings. The van der Waals surface area contributed by atoms with Gasteiger partial charge in [-0.2, -0.15) is 15.7 Å². The van der Waals surface area contributed by atoms with Gasteiger partial charge < -0.3 is 0 Å². The van der Waals surface area contributed by atoms with Gasteiger partial charge in [0.1, 0.15) is 18.8 Å². The molecule has 2 radical (unpaired) electrons. The summed E-state index contributed by atoms with van der Waals surface area (Å²) in [6.07, 6.45) is 1.58. The molecule has 0 aliphatic heterocycles. The zero-order valence-corrected chi connectivity index (χ0v) is 10.1. The van der Waals surface area contributed by atoms with E-state index in [2.05, 4.69) is 4.40 Å². The van der Waals surface area contributed by atoms with Crippen molar-refractivity contribution in [2.24, 2.45) is 4.40 Å². The van der Waals surface area contributed by atoms with E-state index in [-0.39, 0.29) is 4.75 Å². The van der Waals surface area contributed by atoms with Crippen LogP contribution in [0.5, 0.6) is 0 Å². The van der Waals surface area contributed by atoms with Crippen molar-refractivity contribution < 1.29 is 4.21 Å². The van der Waals surface area contributed by atoms with Gasteiger partial charge in [-0.05, 0) is 37.1 Å². The molecule has 1 unspecified atom stereocenters. The van der Waals surface area contributed by atoms with Gasteiger partial charge >= 0.3 is 0 Å². The Bertz CT molecular complexity index is 365. The van der Waals surface area contributed by atoms with E-state index in [1.54, 1.807) is 6.21 Å². The van der Waals surface area contributed by atoms with Crippen LogP contribution in [0.1, 0.15) is 26.3 Å². The summed E-state index contributed by atoms with van der Waals surface area (Å²) in [5.74, 6) is 0. The molecule has 2 nitrogen and oxygen atoms in total. The van der Waals surface area contributed by atoms with Gasteiger partial charge in [-0.3, -0.25) is 0 Å². The summed E-state index contributed by atoms with van der Waals surface area (Å²) in [6.45, 7) is 5.66. The van der Waals surface area contributed by atoms with Crippen LogP contribution < -0.4 is 5.46 Å².